The van der Waals surface area contributed by atoms with Gasteiger partial charge < -0.3 is 9.77 Å². The van der Waals surface area contributed by atoms with E-state index in [-0.39, 0.29) is 11.7 Å². The minimum atomic E-state index is -0.324. The molecule has 0 saturated heterocycles. The van der Waals surface area contributed by atoms with E-state index in [4.69, 9.17) is 0 Å². The summed E-state index contributed by atoms with van der Waals surface area (Å²) in [7, 11) is 0. The molecule has 0 radical (unpaired) electrons. The molecule has 0 bridgehead atoms. The zero-order chi connectivity index (χ0) is 22.4. The van der Waals surface area contributed by atoms with Crippen molar-refractivity contribution in [2.75, 3.05) is 5.75 Å². The van der Waals surface area contributed by atoms with Gasteiger partial charge in [-0.3, -0.25) is 0 Å². The molecule has 7 heteroatoms. The molecule has 5 nitrogen and oxygen atoms in total. The first-order valence-electron chi connectivity index (χ1n) is 10.5. The number of hydrogen-bond acceptors (Lipinski definition) is 5. The molecule has 0 aliphatic rings. The lowest BCUT2D eigenvalue weighted by molar-refractivity contribution is 0.319. The number of rotatable bonds is 9. The van der Waals surface area contributed by atoms with Crippen LogP contribution in [0.5, 0.6) is 0 Å². The lowest BCUT2D eigenvalue weighted by Crippen LogP contribution is -2.10. The Kier molecular flexibility index (Phi) is 7.85. The SMILES string of the molecule is CCn1c(SC/C(=N\O)c2ccc(F)cc2)nnc1C(C)c1ccc(CC(C)C)cc1. The first kappa shape index (κ1) is 23.0. The molecule has 1 heterocycles. The van der Waals surface area contributed by atoms with Crippen molar-refractivity contribution >= 4 is 17.5 Å². The molecular formula is C24H29FN4OS. The molecule has 0 saturated carbocycles. The molecule has 1 unspecified atom stereocenters. The predicted octanol–water partition coefficient (Wildman–Crippen LogP) is 5.76. The van der Waals surface area contributed by atoms with Gasteiger partial charge in [0, 0.05) is 23.8 Å². The van der Waals surface area contributed by atoms with Gasteiger partial charge in [0.2, 0.25) is 0 Å². The third kappa shape index (κ3) is 5.73. The van der Waals surface area contributed by atoms with Crippen LogP contribution < -0.4 is 0 Å². The molecule has 0 amide bonds. The van der Waals surface area contributed by atoms with Gasteiger partial charge in [0.1, 0.15) is 11.6 Å². The average Bonchev–Trinajstić information content (AvgIpc) is 3.18. The van der Waals surface area contributed by atoms with Gasteiger partial charge in [0.15, 0.2) is 5.16 Å². The van der Waals surface area contributed by atoms with Gasteiger partial charge in [-0.25, -0.2) is 4.39 Å². The first-order chi connectivity index (χ1) is 14.9. The third-order valence-electron chi connectivity index (χ3n) is 5.21. The van der Waals surface area contributed by atoms with Crippen LogP contribution in [0.4, 0.5) is 4.39 Å². The van der Waals surface area contributed by atoms with E-state index in [1.807, 2.05) is 0 Å². The molecule has 0 spiro atoms. The standard InChI is InChI=1S/C24H29FN4OS/c1-5-29-23(17(4)19-8-6-18(7-9-19)14-16(2)3)26-27-24(29)31-15-22(28-30)20-10-12-21(25)13-11-20/h6-13,16-17,30H,5,14-15H2,1-4H3/b28-22+. The Morgan fingerprint density at radius 1 is 1.06 bits per heavy atom. The summed E-state index contributed by atoms with van der Waals surface area (Å²) in [5.74, 6) is 1.73. The normalized spacial score (nSPS) is 13.0. The molecule has 0 fully saturated rings. The molecule has 31 heavy (non-hydrogen) atoms. The maximum atomic E-state index is 13.2. The topological polar surface area (TPSA) is 63.3 Å². The number of oxime groups is 1. The van der Waals surface area contributed by atoms with E-state index < -0.39 is 0 Å². The smallest absolute Gasteiger partial charge is 0.191 e. The maximum absolute atomic E-state index is 13.2. The van der Waals surface area contributed by atoms with E-state index in [2.05, 4.69) is 71.9 Å². The number of halogens is 1. The van der Waals surface area contributed by atoms with E-state index in [1.54, 1.807) is 12.1 Å². The summed E-state index contributed by atoms with van der Waals surface area (Å²) in [5.41, 5.74) is 3.69. The van der Waals surface area contributed by atoms with Gasteiger partial charge >= 0.3 is 0 Å². The quantitative estimate of drug-likeness (QED) is 0.199. The highest BCUT2D eigenvalue weighted by Gasteiger charge is 2.19. The zero-order valence-corrected chi connectivity index (χ0v) is 19.2. The minimum Gasteiger partial charge on any atom is -0.411 e. The molecule has 0 aliphatic carbocycles. The lowest BCUT2D eigenvalue weighted by atomic mass is 9.96. The van der Waals surface area contributed by atoms with Crippen LogP contribution in [0.15, 0.2) is 58.8 Å². The maximum Gasteiger partial charge on any atom is 0.191 e. The monoisotopic (exact) mass is 440 g/mol. The van der Waals surface area contributed by atoms with Gasteiger partial charge in [0.25, 0.3) is 0 Å². The summed E-state index contributed by atoms with van der Waals surface area (Å²) in [4.78, 5) is 0. The van der Waals surface area contributed by atoms with Crippen LogP contribution in [0.25, 0.3) is 0 Å². The van der Waals surface area contributed by atoms with Crippen molar-refractivity contribution < 1.29 is 9.60 Å². The van der Waals surface area contributed by atoms with Crippen LogP contribution in [-0.4, -0.2) is 31.4 Å². The Bertz CT molecular complexity index is 1010. The summed E-state index contributed by atoms with van der Waals surface area (Å²) >= 11 is 1.45. The molecule has 1 N–H and O–H groups in total. The van der Waals surface area contributed by atoms with Crippen molar-refractivity contribution in [1.29, 1.82) is 0 Å². The van der Waals surface area contributed by atoms with Gasteiger partial charge in [-0.1, -0.05) is 74.1 Å². The highest BCUT2D eigenvalue weighted by Crippen LogP contribution is 2.27. The Balaban J connectivity index is 1.74. The molecule has 1 aromatic heterocycles. The fourth-order valence-corrected chi connectivity index (χ4v) is 4.50. The van der Waals surface area contributed by atoms with Gasteiger partial charge in [-0.15, -0.1) is 10.2 Å². The third-order valence-corrected chi connectivity index (χ3v) is 6.19. The Hall–Kier alpha value is -2.67. The van der Waals surface area contributed by atoms with E-state index in [0.717, 1.165) is 23.9 Å². The van der Waals surface area contributed by atoms with E-state index >= 15 is 0 Å². The highest BCUT2D eigenvalue weighted by molar-refractivity contribution is 7.99. The van der Waals surface area contributed by atoms with E-state index in [1.165, 1.54) is 35.0 Å². The molecule has 2 aromatic carbocycles. The molecular weight excluding hydrogens is 411 g/mol. The lowest BCUT2D eigenvalue weighted by Gasteiger charge is -2.15. The summed E-state index contributed by atoms with van der Waals surface area (Å²) < 4.78 is 15.3. The fraction of sp³-hybridized carbons (Fsp3) is 0.375. The zero-order valence-electron chi connectivity index (χ0n) is 18.4. The van der Waals surface area contributed by atoms with Crippen molar-refractivity contribution in [3.05, 3.63) is 76.9 Å². The van der Waals surface area contributed by atoms with Gasteiger partial charge in [-0.2, -0.15) is 0 Å². The van der Waals surface area contributed by atoms with Crippen molar-refractivity contribution in [1.82, 2.24) is 14.8 Å². The Labute approximate surface area is 187 Å². The molecule has 3 aromatic rings. The molecule has 1 atom stereocenters. The van der Waals surface area contributed by atoms with Crippen LogP contribution in [0.3, 0.4) is 0 Å². The van der Waals surface area contributed by atoms with Crippen LogP contribution in [-0.2, 0) is 13.0 Å². The number of benzene rings is 2. The number of nitrogens with zero attached hydrogens (tertiary/aromatic N) is 4. The first-order valence-corrected chi connectivity index (χ1v) is 11.5. The Morgan fingerprint density at radius 2 is 1.74 bits per heavy atom. The van der Waals surface area contributed by atoms with Crippen molar-refractivity contribution in [3.8, 4) is 0 Å². The van der Waals surface area contributed by atoms with Crippen LogP contribution in [0.2, 0.25) is 0 Å². The molecule has 164 valence electrons. The predicted molar refractivity (Wildman–Crippen MR) is 124 cm³/mol. The average molecular weight is 441 g/mol. The van der Waals surface area contributed by atoms with E-state index in [9.17, 15) is 9.60 Å². The highest BCUT2D eigenvalue weighted by atomic mass is 32.2. The number of thioether (sulfide) groups is 1. The van der Waals surface area contributed by atoms with Crippen molar-refractivity contribution in [3.63, 3.8) is 0 Å². The number of aromatic nitrogens is 3. The second kappa shape index (κ2) is 10.6. The van der Waals surface area contributed by atoms with Gasteiger partial charge in [0.05, 0.1) is 5.71 Å². The summed E-state index contributed by atoms with van der Waals surface area (Å²) in [6.45, 7) is 9.39. The largest absolute Gasteiger partial charge is 0.411 e. The summed E-state index contributed by atoms with van der Waals surface area (Å²) in [5, 5.41) is 22.4. The second-order valence-electron chi connectivity index (χ2n) is 7.99. The van der Waals surface area contributed by atoms with Crippen LogP contribution >= 0.6 is 11.8 Å². The molecule has 3 rings (SSSR count). The van der Waals surface area contributed by atoms with Crippen LogP contribution in [0.1, 0.15) is 56.1 Å². The number of hydrogen-bond donors (Lipinski definition) is 1. The van der Waals surface area contributed by atoms with Gasteiger partial charge in [-0.05, 0) is 42.5 Å². The summed E-state index contributed by atoms with van der Waals surface area (Å²) in [6.07, 6.45) is 1.07. The Morgan fingerprint density at radius 3 is 2.32 bits per heavy atom. The summed E-state index contributed by atoms with van der Waals surface area (Å²) in [6, 6.07) is 14.7. The minimum absolute atomic E-state index is 0.109. The van der Waals surface area contributed by atoms with Crippen molar-refractivity contribution in [2.45, 2.75) is 51.7 Å². The van der Waals surface area contributed by atoms with Crippen LogP contribution in [0, 0.1) is 11.7 Å². The van der Waals surface area contributed by atoms with Crippen molar-refractivity contribution in [2.24, 2.45) is 11.1 Å². The van der Waals surface area contributed by atoms with E-state index in [0.29, 0.717) is 22.9 Å². The molecule has 0 aliphatic heterocycles. The second-order valence-corrected chi connectivity index (χ2v) is 8.93. The fourth-order valence-electron chi connectivity index (χ4n) is 3.53.